The second-order valence-corrected chi connectivity index (χ2v) is 5.40. The van der Waals surface area contributed by atoms with Crippen LogP contribution in [0.4, 0.5) is 5.69 Å². The van der Waals surface area contributed by atoms with Crippen molar-refractivity contribution >= 4 is 11.9 Å². The van der Waals surface area contributed by atoms with Crippen LogP contribution in [-0.2, 0) is 6.61 Å². The zero-order chi connectivity index (χ0) is 16.8. The number of benzene rings is 2. The summed E-state index contributed by atoms with van der Waals surface area (Å²) in [6.45, 7) is 4.25. The van der Waals surface area contributed by atoms with E-state index in [9.17, 15) is 0 Å². The first-order valence-electron chi connectivity index (χ1n) is 7.71. The number of aromatic nitrogens is 1. The van der Waals surface area contributed by atoms with Gasteiger partial charge in [0, 0.05) is 0 Å². The molecule has 0 atom stereocenters. The van der Waals surface area contributed by atoms with E-state index < -0.39 is 0 Å². The van der Waals surface area contributed by atoms with Gasteiger partial charge in [-0.15, -0.1) is 0 Å². The molecule has 1 heterocycles. The quantitative estimate of drug-likeness (QED) is 0.543. The summed E-state index contributed by atoms with van der Waals surface area (Å²) < 4.78 is 10.9. The van der Waals surface area contributed by atoms with E-state index in [-0.39, 0.29) is 0 Å². The molecule has 1 aromatic heterocycles. The van der Waals surface area contributed by atoms with Gasteiger partial charge in [0.05, 0.1) is 23.2 Å². The van der Waals surface area contributed by atoms with Gasteiger partial charge in [0.2, 0.25) is 0 Å². The Morgan fingerprint density at radius 2 is 1.83 bits per heavy atom. The van der Waals surface area contributed by atoms with Crippen LogP contribution in [-0.4, -0.2) is 11.4 Å². The van der Waals surface area contributed by atoms with Gasteiger partial charge in [-0.3, -0.25) is 5.43 Å². The minimum atomic E-state index is 0.449. The summed E-state index contributed by atoms with van der Waals surface area (Å²) in [4.78, 5) is 0. The SMILES string of the molecule is Cc1noc(C)c1COc1ccc(C=NNc2ccccc2)cc1. The average molecular weight is 321 g/mol. The summed E-state index contributed by atoms with van der Waals surface area (Å²) in [5.74, 6) is 1.59. The van der Waals surface area contributed by atoms with E-state index in [2.05, 4.69) is 15.7 Å². The molecule has 2 aromatic carbocycles. The summed E-state index contributed by atoms with van der Waals surface area (Å²) in [7, 11) is 0. The lowest BCUT2D eigenvalue weighted by atomic mass is 10.2. The lowest BCUT2D eigenvalue weighted by Gasteiger charge is -2.06. The zero-order valence-corrected chi connectivity index (χ0v) is 13.7. The molecule has 3 aromatic rings. The first-order valence-corrected chi connectivity index (χ1v) is 7.71. The number of nitrogens with one attached hydrogen (secondary N) is 1. The Balaban J connectivity index is 1.55. The number of rotatable bonds is 6. The number of hydrogen-bond acceptors (Lipinski definition) is 5. The highest BCUT2D eigenvalue weighted by Crippen LogP contribution is 2.17. The Kier molecular flexibility index (Phi) is 4.91. The van der Waals surface area contributed by atoms with Crippen molar-refractivity contribution in [3.8, 4) is 5.75 Å². The number of aryl methyl sites for hydroxylation is 2. The fourth-order valence-corrected chi connectivity index (χ4v) is 2.21. The van der Waals surface area contributed by atoms with E-state index in [4.69, 9.17) is 9.26 Å². The van der Waals surface area contributed by atoms with Crippen molar-refractivity contribution in [1.82, 2.24) is 5.16 Å². The Bertz CT molecular complexity index is 789. The highest BCUT2D eigenvalue weighted by molar-refractivity contribution is 5.80. The molecule has 0 amide bonds. The van der Waals surface area contributed by atoms with Gasteiger partial charge in [-0.1, -0.05) is 23.4 Å². The molecule has 0 aliphatic rings. The van der Waals surface area contributed by atoms with Crippen LogP contribution < -0.4 is 10.2 Å². The maximum absolute atomic E-state index is 5.78. The molecule has 5 nitrogen and oxygen atoms in total. The highest BCUT2D eigenvalue weighted by Gasteiger charge is 2.09. The molecule has 0 saturated carbocycles. The Labute approximate surface area is 140 Å². The van der Waals surface area contributed by atoms with Crippen molar-refractivity contribution in [3.63, 3.8) is 0 Å². The number of anilines is 1. The number of ether oxygens (including phenoxy) is 1. The fraction of sp³-hybridized carbons (Fsp3) is 0.158. The van der Waals surface area contributed by atoms with Crippen molar-refractivity contribution in [2.24, 2.45) is 5.10 Å². The van der Waals surface area contributed by atoms with Crippen LogP contribution in [0.2, 0.25) is 0 Å². The van der Waals surface area contributed by atoms with E-state index in [1.165, 1.54) is 0 Å². The monoisotopic (exact) mass is 321 g/mol. The number of nitrogens with zero attached hydrogens (tertiary/aromatic N) is 2. The van der Waals surface area contributed by atoms with E-state index in [1.807, 2.05) is 68.4 Å². The van der Waals surface area contributed by atoms with Crippen LogP contribution in [0.25, 0.3) is 0 Å². The van der Waals surface area contributed by atoms with Gasteiger partial charge in [0.15, 0.2) is 0 Å². The molecule has 1 N–H and O–H groups in total. The lowest BCUT2D eigenvalue weighted by molar-refractivity contribution is 0.301. The van der Waals surface area contributed by atoms with Gasteiger partial charge in [-0.2, -0.15) is 5.10 Å². The molecule has 122 valence electrons. The molecule has 0 aliphatic heterocycles. The maximum atomic E-state index is 5.78. The molecule has 0 spiro atoms. The topological polar surface area (TPSA) is 59.7 Å². The summed E-state index contributed by atoms with van der Waals surface area (Å²) in [5.41, 5.74) is 6.78. The summed E-state index contributed by atoms with van der Waals surface area (Å²) in [6.07, 6.45) is 1.77. The van der Waals surface area contributed by atoms with E-state index in [0.29, 0.717) is 6.61 Å². The average Bonchev–Trinajstić information content (AvgIpc) is 2.93. The Morgan fingerprint density at radius 3 is 2.50 bits per heavy atom. The van der Waals surface area contributed by atoms with E-state index in [1.54, 1.807) is 6.21 Å². The third kappa shape index (κ3) is 4.01. The largest absolute Gasteiger partial charge is 0.489 e. The molecule has 24 heavy (non-hydrogen) atoms. The van der Waals surface area contributed by atoms with Gasteiger partial charge in [0.1, 0.15) is 18.1 Å². The van der Waals surface area contributed by atoms with Crippen LogP contribution >= 0.6 is 0 Å². The normalized spacial score (nSPS) is 10.9. The van der Waals surface area contributed by atoms with Crippen molar-refractivity contribution < 1.29 is 9.26 Å². The minimum Gasteiger partial charge on any atom is -0.489 e. The zero-order valence-electron chi connectivity index (χ0n) is 13.7. The standard InChI is InChI=1S/C19H19N3O2/c1-14-19(15(2)24-22-14)13-23-18-10-8-16(9-11-18)12-20-21-17-6-4-3-5-7-17/h3-12,21H,13H2,1-2H3. The van der Waals surface area contributed by atoms with Crippen LogP contribution in [0.15, 0.2) is 64.2 Å². The molecule has 0 unspecified atom stereocenters. The van der Waals surface area contributed by atoms with Crippen molar-refractivity contribution in [1.29, 1.82) is 0 Å². The third-order valence-corrected chi connectivity index (χ3v) is 3.63. The van der Waals surface area contributed by atoms with Crippen LogP contribution in [0, 0.1) is 13.8 Å². The highest BCUT2D eigenvalue weighted by atomic mass is 16.5. The predicted molar refractivity (Wildman–Crippen MR) is 94.4 cm³/mol. The number of para-hydroxylation sites is 1. The molecular formula is C19H19N3O2. The Morgan fingerprint density at radius 1 is 1.08 bits per heavy atom. The van der Waals surface area contributed by atoms with E-state index >= 15 is 0 Å². The molecule has 0 radical (unpaired) electrons. The van der Waals surface area contributed by atoms with Crippen LogP contribution in [0.5, 0.6) is 5.75 Å². The molecule has 3 rings (SSSR count). The molecule has 0 aliphatic carbocycles. The molecular weight excluding hydrogens is 302 g/mol. The van der Waals surface area contributed by atoms with Gasteiger partial charge in [-0.05, 0) is 55.8 Å². The summed E-state index contributed by atoms with van der Waals surface area (Å²) in [5, 5.41) is 8.14. The van der Waals surface area contributed by atoms with Gasteiger partial charge in [-0.25, -0.2) is 0 Å². The maximum Gasteiger partial charge on any atom is 0.140 e. The van der Waals surface area contributed by atoms with Crippen molar-refractivity contribution in [2.75, 3.05) is 5.43 Å². The lowest BCUT2D eigenvalue weighted by Crippen LogP contribution is -1.98. The van der Waals surface area contributed by atoms with Crippen LogP contribution in [0.3, 0.4) is 0 Å². The number of hydrazone groups is 1. The van der Waals surface area contributed by atoms with Crippen LogP contribution in [0.1, 0.15) is 22.6 Å². The molecule has 0 fully saturated rings. The first-order chi connectivity index (χ1) is 11.7. The van der Waals surface area contributed by atoms with Gasteiger partial charge < -0.3 is 9.26 Å². The third-order valence-electron chi connectivity index (χ3n) is 3.63. The molecule has 0 bridgehead atoms. The second-order valence-electron chi connectivity index (χ2n) is 5.40. The summed E-state index contributed by atoms with van der Waals surface area (Å²) in [6, 6.07) is 17.6. The first kappa shape index (κ1) is 15.8. The van der Waals surface area contributed by atoms with Crippen molar-refractivity contribution in [3.05, 3.63) is 77.2 Å². The van der Waals surface area contributed by atoms with Crippen molar-refractivity contribution in [2.45, 2.75) is 20.5 Å². The Hall–Kier alpha value is -3.08. The fourth-order valence-electron chi connectivity index (χ4n) is 2.21. The number of hydrogen-bond donors (Lipinski definition) is 1. The predicted octanol–water partition coefficient (Wildman–Crippen LogP) is 4.32. The molecule has 5 heteroatoms. The summed E-state index contributed by atoms with van der Waals surface area (Å²) >= 11 is 0. The van der Waals surface area contributed by atoms with E-state index in [0.717, 1.165) is 34.0 Å². The minimum absolute atomic E-state index is 0.449. The smallest absolute Gasteiger partial charge is 0.140 e. The molecule has 0 saturated heterocycles. The van der Waals surface area contributed by atoms with Gasteiger partial charge >= 0.3 is 0 Å². The van der Waals surface area contributed by atoms with Gasteiger partial charge in [0.25, 0.3) is 0 Å². The second kappa shape index (κ2) is 7.46.